The number of nitrogens with zero attached hydrogens (tertiary/aromatic N) is 1. The van der Waals surface area contributed by atoms with Gasteiger partial charge in [0, 0.05) is 13.1 Å². The zero-order valence-corrected chi connectivity index (χ0v) is 11.3. The first-order valence-corrected chi connectivity index (χ1v) is 6.58. The van der Waals surface area contributed by atoms with Crippen molar-refractivity contribution >= 4 is 12.0 Å². The number of hydrogen-bond acceptors (Lipinski definition) is 5. The molecule has 0 radical (unpaired) electrons. The number of likely N-dealkylation sites (tertiary alicyclic amines) is 1. The molecule has 1 aliphatic heterocycles. The van der Waals surface area contributed by atoms with Crippen LogP contribution >= 0.6 is 0 Å². The molecule has 0 aliphatic carbocycles. The second kappa shape index (κ2) is 8.71. The monoisotopic (exact) mass is 274 g/mol. The topological polar surface area (TPSA) is 88.1 Å². The normalized spacial score (nSPS) is 16.2. The summed E-state index contributed by atoms with van der Waals surface area (Å²) in [5, 5.41) is 11.2. The zero-order valence-electron chi connectivity index (χ0n) is 11.3. The van der Waals surface area contributed by atoms with Gasteiger partial charge in [-0.3, -0.25) is 4.79 Å². The lowest BCUT2D eigenvalue weighted by Crippen LogP contribution is -2.47. The summed E-state index contributed by atoms with van der Waals surface area (Å²) in [7, 11) is 0. The minimum absolute atomic E-state index is 0.0141. The van der Waals surface area contributed by atoms with Crippen molar-refractivity contribution in [1.82, 2.24) is 10.2 Å². The predicted octanol–water partition coefficient (Wildman–Crippen LogP) is -0.268. The van der Waals surface area contributed by atoms with Crippen molar-refractivity contribution < 1.29 is 24.2 Å². The quantitative estimate of drug-likeness (QED) is 0.651. The molecule has 0 spiro atoms. The molecule has 0 bridgehead atoms. The van der Waals surface area contributed by atoms with Crippen LogP contribution in [0.4, 0.5) is 4.79 Å². The Labute approximate surface area is 112 Å². The van der Waals surface area contributed by atoms with E-state index in [9.17, 15) is 9.59 Å². The second-order valence-corrected chi connectivity index (χ2v) is 4.24. The summed E-state index contributed by atoms with van der Waals surface area (Å²) in [6, 6.07) is -0.256. The highest BCUT2D eigenvalue weighted by Crippen LogP contribution is 2.13. The van der Waals surface area contributed by atoms with Crippen molar-refractivity contribution in [2.75, 3.05) is 39.5 Å². The molecular weight excluding hydrogens is 252 g/mol. The Hall–Kier alpha value is -1.34. The van der Waals surface area contributed by atoms with Gasteiger partial charge in [0.1, 0.15) is 6.54 Å². The van der Waals surface area contributed by atoms with E-state index in [0.29, 0.717) is 26.3 Å². The number of nitrogens with one attached hydrogen (secondary N) is 1. The van der Waals surface area contributed by atoms with E-state index in [4.69, 9.17) is 14.6 Å². The van der Waals surface area contributed by atoms with Gasteiger partial charge in [0.05, 0.1) is 25.9 Å². The maximum absolute atomic E-state index is 11.8. The average molecular weight is 274 g/mol. The Bertz CT molecular complexity index is 290. The number of hydrogen-bond donors (Lipinski definition) is 2. The van der Waals surface area contributed by atoms with Gasteiger partial charge >= 0.3 is 12.0 Å². The number of esters is 1. The minimum atomic E-state index is -0.433. The van der Waals surface area contributed by atoms with Crippen LogP contribution in [0.2, 0.25) is 0 Å². The van der Waals surface area contributed by atoms with E-state index < -0.39 is 5.97 Å². The average Bonchev–Trinajstić information content (AvgIpc) is 2.43. The molecule has 7 nitrogen and oxygen atoms in total. The number of carbonyl (C=O) groups is 2. The van der Waals surface area contributed by atoms with Crippen LogP contribution in [-0.2, 0) is 14.3 Å². The van der Waals surface area contributed by atoms with Gasteiger partial charge in [0.15, 0.2) is 0 Å². The highest BCUT2D eigenvalue weighted by molar-refractivity contribution is 5.80. The second-order valence-electron chi connectivity index (χ2n) is 4.24. The van der Waals surface area contributed by atoms with E-state index >= 15 is 0 Å². The van der Waals surface area contributed by atoms with Crippen molar-refractivity contribution in [2.45, 2.75) is 25.9 Å². The van der Waals surface area contributed by atoms with Crippen molar-refractivity contribution in [1.29, 1.82) is 0 Å². The third-order valence-electron chi connectivity index (χ3n) is 2.86. The number of aliphatic hydroxyl groups is 1. The molecule has 110 valence electrons. The fourth-order valence-corrected chi connectivity index (χ4v) is 1.92. The molecular formula is C12H22N2O5. The van der Waals surface area contributed by atoms with Crippen molar-refractivity contribution in [3.05, 3.63) is 0 Å². The Morgan fingerprint density at radius 3 is 2.63 bits per heavy atom. The number of carbonyl (C=O) groups excluding carboxylic acids is 2. The third kappa shape index (κ3) is 5.89. The highest BCUT2D eigenvalue weighted by Gasteiger charge is 2.23. The molecule has 1 heterocycles. The van der Waals surface area contributed by atoms with Crippen LogP contribution in [0, 0.1) is 0 Å². The van der Waals surface area contributed by atoms with E-state index in [1.807, 2.05) is 0 Å². The van der Waals surface area contributed by atoms with E-state index in [1.54, 1.807) is 11.8 Å². The van der Waals surface area contributed by atoms with Gasteiger partial charge in [-0.25, -0.2) is 4.79 Å². The van der Waals surface area contributed by atoms with E-state index in [1.165, 1.54) is 0 Å². The van der Waals surface area contributed by atoms with Crippen LogP contribution in [0.1, 0.15) is 19.8 Å². The molecule has 1 rings (SSSR count). The van der Waals surface area contributed by atoms with E-state index in [0.717, 1.165) is 12.8 Å². The zero-order chi connectivity index (χ0) is 14.1. The SMILES string of the molecule is CCOC(=O)CNC(=O)N1CCC(OCCO)CC1. The van der Waals surface area contributed by atoms with Crippen LogP contribution in [0.3, 0.4) is 0 Å². The molecule has 0 aromatic rings. The number of amides is 2. The van der Waals surface area contributed by atoms with Crippen LogP contribution in [0.25, 0.3) is 0 Å². The predicted molar refractivity (Wildman–Crippen MR) is 67.7 cm³/mol. The Kier molecular flexibility index (Phi) is 7.20. The van der Waals surface area contributed by atoms with Crippen LogP contribution < -0.4 is 5.32 Å². The molecule has 0 unspecified atom stereocenters. The van der Waals surface area contributed by atoms with E-state index in [2.05, 4.69) is 5.32 Å². The summed E-state index contributed by atoms with van der Waals surface area (Å²) in [4.78, 5) is 24.5. The Balaban J connectivity index is 2.19. The molecule has 1 saturated heterocycles. The van der Waals surface area contributed by atoms with Crippen molar-refractivity contribution in [2.24, 2.45) is 0 Å². The van der Waals surface area contributed by atoms with Crippen molar-refractivity contribution in [3.63, 3.8) is 0 Å². The number of urea groups is 1. The van der Waals surface area contributed by atoms with Crippen LogP contribution in [0.15, 0.2) is 0 Å². The van der Waals surface area contributed by atoms with Gasteiger partial charge in [0.25, 0.3) is 0 Å². The molecule has 0 saturated carbocycles. The molecule has 1 fully saturated rings. The summed E-state index contributed by atoms with van der Waals surface area (Å²) < 4.78 is 10.1. The lowest BCUT2D eigenvalue weighted by molar-refractivity contribution is -0.141. The summed E-state index contributed by atoms with van der Waals surface area (Å²) in [5.41, 5.74) is 0. The lowest BCUT2D eigenvalue weighted by Gasteiger charge is -2.31. The number of aliphatic hydroxyl groups excluding tert-OH is 1. The minimum Gasteiger partial charge on any atom is -0.465 e. The summed E-state index contributed by atoms with van der Waals surface area (Å²) in [6.07, 6.45) is 1.58. The largest absolute Gasteiger partial charge is 0.465 e. The Morgan fingerprint density at radius 1 is 1.37 bits per heavy atom. The molecule has 1 aliphatic rings. The van der Waals surface area contributed by atoms with Crippen LogP contribution in [0.5, 0.6) is 0 Å². The smallest absolute Gasteiger partial charge is 0.325 e. The van der Waals surface area contributed by atoms with Gasteiger partial charge in [-0.15, -0.1) is 0 Å². The van der Waals surface area contributed by atoms with Crippen LogP contribution in [-0.4, -0.2) is 67.6 Å². The van der Waals surface area contributed by atoms with Gasteiger partial charge < -0.3 is 24.8 Å². The summed E-state index contributed by atoms with van der Waals surface area (Å²) in [5.74, 6) is -0.433. The van der Waals surface area contributed by atoms with Crippen molar-refractivity contribution in [3.8, 4) is 0 Å². The van der Waals surface area contributed by atoms with Gasteiger partial charge in [-0.05, 0) is 19.8 Å². The lowest BCUT2D eigenvalue weighted by atomic mass is 10.1. The third-order valence-corrected chi connectivity index (χ3v) is 2.86. The maximum atomic E-state index is 11.8. The molecule has 0 aromatic heterocycles. The molecule has 19 heavy (non-hydrogen) atoms. The summed E-state index contributed by atoms with van der Waals surface area (Å²) >= 11 is 0. The maximum Gasteiger partial charge on any atom is 0.325 e. The number of ether oxygens (including phenoxy) is 2. The fourth-order valence-electron chi connectivity index (χ4n) is 1.92. The highest BCUT2D eigenvalue weighted by atomic mass is 16.5. The molecule has 7 heteroatoms. The van der Waals surface area contributed by atoms with Gasteiger partial charge in [0.2, 0.25) is 0 Å². The number of rotatable bonds is 6. The first-order chi connectivity index (χ1) is 9.17. The van der Waals surface area contributed by atoms with Gasteiger partial charge in [-0.2, -0.15) is 0 Å². The molecule has 2 N–H and O–H groups in total. The summed E-state index contributed by atoms with van der Waals surface area (Å²) in [6.45, 7) is 3.45. The standard InChI is InChI=1S/C12H22N2O5/c1-2-18-11(16)9-13-12(17)14-5-3-10(4-6-14)19-8-7-15/h10,15H,2-9H2,1H3,(H,13,17). The van der Waals surface area contributed by atoms with E-state index in [-0.39, 0.29) is 25.3 Å². The molecule has 2 amide bonds. The first-order valence-electron chi connectivity index (χ1n) is 6.58. The Morgan fingerprint density at radius 2 is 2.05 bits per heavy atom. The molecule has 0 aromatic carbocycles. The van der Waals surface area contributed by atoms with Gasteiger partial charge in [-0.1, -0.05) is 0 Å². The fraction of sp³-hybridized carbons (Fsp3) is 0.833. The molecule has 0 atom stereocenters. The first kappa shape index (κ1) is 15.7. The number of piperidine rings is 1.